The maximum absolute atomic E-state index is 5.87. The number of nitrogens with one attached hydrogen (secondary N) is 1. The van der Waals surface area contributed by atoms with E-state index in [0.717, 1.165) is 19.4 Å². The Hall–Kier alpha value is -0.120. The Kier molecular flexibility index (Phi) is 2.87. The second kappa shape index (κ2) is 3.52. The van der Waals surface area contributed by atoms with Crippen molar-refractivity contribution in [3.8, 4) is 0 Å². The molecular weight excluding hydrogens is 140 g/mol. The summed E-state index contributed by atoms with van der Waals surface area (Å²) in [7, 11) is 0. The lowest BCUT2D eigenvalue weighted by atomic mass is 9.96. The van der Waals surface area contributed by atoms with Crippen LogP contribution in [0.2, 0.25) is 0 Å². The maximum atomic E-state index is 5.87. The molecule has 1 aliphatic heterocycles. The number of hydrogen-bond acceptors (Lipinski definition) is 3. The molecule has 0 bridgehead atoms. The summed E-state index contributed by atoms with van der Waals surface area (Å²) < 4.78 is 5.46. The highest BCUT2D eigenvalue weighted by molar-refractivity contribution is 4.78. The molecule has 0 aromatic carbocycles. The van der Waals surface area contributed by atoms with E-state index in [9.17, 15) is 0 Å². The summed E-state index contributed by atoms with van der Waals surface area (Å²) >= 11 is 0. The normalized spacial score (nSPS) is 27.0. The lowest BCUT2D eigenvalue weighted by Crippen LogP contribution is -2.41. The van der Waals surface area contributed by atoms with Crippen LogP contribution in [0.1, 0.15) is 26.7 Å². The van der Waals surface area contributed by atoms with Crippen LogP contribution in [-0.2, 0) is 4.74 Å². The van der Waals surface area contributed by atoms with Crippen molar-refractivity contribution in [2.24, 2.45) is 5.73 Å². The fraction of sp³-hybridized carbons (Fsp3) is 1.00. The van der Waals surface area contributed by atoms with Gasteiger partial charge in [-0.1, -0.05) is 0 Å². The van der Waals surface area contributed by atoms with Gasteiger partial charge in [0.1, 0.15) is 0 Å². The minimum absolute atomic E-state index is 0.0952. The van der Waals surface area contributed by atoms with Crippen LogP contribution < -0.4 is 11.1 Å². The van der Waals surface area contributed by atoms with Crippen LogP contribution in [0.3, 0.4) is 0 Å². The molecule has 1 rings (SSSR count). The van der Waals surface area contributed by atoms with E-state index in [-0.39, 0.29) is 5.54 Å². The van der Waals surface area contributed by atoms with E-state index in [0.29, 0.717) is 12.8 Å². The van der Waals surface area contributed by atoms with Gasteiger partial charge in [-0.3, -0.25) is 5.32 Å². The van der Waals surface area contributed by atoms with Gasteiger partial charge in [-0.15, -0.1) is 0 Å². The highest BCUT2D eigenvalue weighted by atomic mass is 16.5. The first-order valence-electron chi connectivity index (χ1n) is 4.19. The zero-order valence-corrected chi connectivity index (χ0v) is 7.39. The first kappa shape index (κ1) is 8.97. The third-order valence-corrected chi connectivity index (χ3v) is 1.82. The van der Waals surface area contributed by atoms with E-state index < -0.39 is 0 Å². The molecule has 3 N–H and O–H groups in total. The Morgan fingerprint density at radius 3 is 2.82 bits per heavy atom. The van der Waals surface area contributed by atoms with Crippen molar-refractivity contribution >= 4 is 0 Å². The third kappa shape index (κ3) is 3.70. The Morgan fingerprint density at radius 2 is 2.36 bits per heavy atom. The largest absolute Gasteiger partial charge is 0.363 e. The summed E-state index contributed by atoms with van der Waals surface area (Å²) in [4.78, 5) is 0. The quantitative estimate of drug-likeness (QED) is 0.613. The number of ether oxygens (including phenoxy) is 1. The molecule has 0 aliphatic carbocycles. The summed E-state index contributed by atoms with van der Waals surface area (Å²) in [5.74, 6) is 0. The van der Waals surface area contributed by atoms with Gasteiger partial charge in [0.2, 0.25) is 0 Å². The zero-order valence-electron chi connectivity index (χ0n) is 7.39. The molecule has 0 spiro atoms. The smallest absolute Gasteiger partial charge is 0.0969 e. The summed E-state index contributed by atoms with van der Waals surface area (Å²) in [6, 6.07) is 0. The van der Waals surface area contributed by atoms with Gasteiger partial charge < -0.3 is 10.5 Å². The molecule has 1 atom stereocenters. The Morgan fingerprint density at radius 1 is 1.64 bits per heavy atom. The predicted molar refractivity (Wildman–Crippen MR) is 45.2 cm³/mol. The molecule has 0 aromatic rings. The van der Waals surface area contributed by atoms with Gasteiger partial charge in [0.25, 0.3) is 0 Å². The van der Waals surface area contributed by atoms with Crippen LogP contribution in [0.25, 0.3) is 0 Å². The van der Waals surface area contributed by atoms with Crippen molar-refractivity contribution in [1.29, 1.82) is 0 Å². The van der Waals surface area contributed by atoms with Gasteiger partial charge in [-0.05, 0) is 33.2 Å². The van der Waals surface area contributed by atoms with Gasteiger partial charge in [0.15, 0.2) is 0 Å². The van der Waals surface area contributed by atoms with Crippen molar-refractivity contribution in [3.05, 3.63) is 0 Å². The van der Waals surface area contributed by atoms with Crippen LogP contribution in [0.15, 0.2) is 0 Å². The minimum atomic E-state index is -0.0952. The summed E-state index contributed by atoms with van der Waals surface area (Å²) in [5.41, 5.74) is 5.77. The van der Waals surface area contributed by atoms with Gasteiger partial charge in [-0.25, -0.2) is 0 Å². The summed E-state index contributed by atoms with van der Waals surface area (Å²) in [6.07, 6.45) is 2.39. The minimum Gasteiger partial charge on any atom is -0.363 e. The molecule has 1 aliphatic rings. The van der Waals surface area contributed by atoms with E-state index in [1.165, 1.54) is 0 Å². The van der Waals surface area contributed by atoms with Crippen LogP contribution in [-0.4, -0.2) is 24.9 Å². The van der Waals surface area contributed by atoms with Crippen LogP contribution in [0, 0.1) is 0 Å². The first-order valence-corrected chi connectivity index (χ1v) is 4.19. The second-order valence-corrected chi connectivity index (χ2v) is 3.91. The maximum Gasteiger partial charge on any atom is 0.0969 e. The molecule has 0 amide bonds. The molecular formula is C8H18N2O. The fourth-order valence-electron chi connectivity index (χ4n) is 1.34. The highest BCUT2D eigenvalue weighted by Crippen LogP contribution is 2.14. The lowest BCUT2D eigenvalue weighted by Gasteiger charge is -2.29. The predicted octanol–water partition coefficient (Wildman–Crippen LogP) is 0.450. The molecule has 3 nitrogen and oxygen atoms in total. The Balaban J connectivity index is 2.24. The topological polar surface area (TPSA) is 47.3 Å². The molecule has 1 saturated heterocycles. The van der Waals surface area contributed by atoms with E-state index in [1.807, 2.05) is 13.8 Å². The van der Waals surface area contributed by atoms with Crippen molar-refractivity contribution in [2.75, 3.05) is 13.3 Å². The van der Waals surface area contributed by atoms with Crippen LogP contribution >= 0.6 is 0 Å². The zero-order chi connectivity index (χ0) is 8.32. The molecule has 11 heavy (non-hydrogen) atoms. The third-order valence-electron chi connectivity index (χ3n) is 1.82. The molecule has 0 saturated carbocycles. The lowest BCUT2D eigenvalue weighted by molar-refractivity contribution is -0.00675. The number of rotatable bonds is 2. The van der Waals surface area contributed by atoms with Crippen molar-refractivity contribution in [1.82, 2.24) is 5.32 Å². The van der Waals surface area contributed by atoms with Gasteiger partial charge in [0.05, 0.1) is 12.8 Å². The molecule has 1 fully saturated rings. The van der Waals surface area contributed by atoms with Crippen molar-refractivity contribution in [2.45, 2.75) is 38.3 Å². The molecule has 66 valence electrons. The van der Waals surface area contributed by atoms with Gasteiger partial charge in [0, 0.05) is 5.54 Å². The van der Waals surface area contributed by atoms with E-state index in [1.54, 1.807) is 0 Å². The SMILES string of the molecule is CC(C)(N)CC1CCNCO1. The molecule has 3 heteroatoms. The average Bonchev–Trinajstić information content (AvgIpc) is 1.85. The molecule has 0 aromatic heterocycles. The number of nitrogens with two attached hydrogens (primary N) is 1. The summed E-state index contributed by atoms with van der Waals surface area (Å²) in [6.45, 7) is 5.82. The van der Waals surface area contributed by atoms with E-state index >= 15 is 0 Å². The van der Waals surface area contributed by atoms with E-state index in [4.69, 9.17) is 10.5 Å². The van der Waals surface area contributed by atoms with Crippen LogP contribution in [0.5, 0.6) is 0 Å². The van der Waals surface area contributed by atoms with Crippen molar-refractivity contribution < 1.29 is 4.74 Å². The molecule has 1 unspecified atom stereocenters. The molecule has 1 heterocycles. The van der Waals surface area contributed by atoms with E-state index in [2.05, 4.69) is 5.32 Å². The Bertz CT molecular complexity index is 114. The summed E-state index contributed by atoms with van der Waals surface area (Å²) in [5, 5.41) is 3.14. The van der Waals surface area contributed by atoms with Gasteiger partial charge >= 0.3 is 0 Å². The van der Waals surface area contributed by atoms with Crippen LogP contribution in [0.4, 0.5) is 0 Å². The highest BCUT2D eigenvalue weighted by Gasteiger charge is 2.21. The average molecular weight is 158 g/mol. The number of hydrogen-bond donors (Lipinski definition) is 2. The first-order chi connectivity index (χ1) is 5.08. The Labute approximate surface area is 68.3 Å². The standard InChI is InChI=1S/C8H18N2O/c1-8(2,9)5-7-3-4-10-6-11-7/h7,10H,3-6,9H2,1-2H3. The molecule has 0 radical (unpaired) electrons. The van der Waals surface area contributed by atoms with Gasteiger partial charge in [-0.2, -0.15) is 0 Å². The second-order valence-electron chi connectivity index (χ2n) is 3.91. The monoisotopic (exact) mass is 158 g/mol. The fourth-order valence-corrected chi connectivity index (χ4v) is 1.34. The van der Waals surface area contributed by atoms with Crippen molar-refractivity contribution in [3.63, 3.8) is 0 Å².